The van der Waals surface area contributed by atoms with Crippen LogP contribution in [0.5, 0.6) is 0 Å². The van der Waals surface area contributed by atoms with Crippen molar-refractivity contribution in [1.29, 1.82) is 0 Å². The van der Waals surface area contributed by atoms with Gasteiger partial charge in [-0.25, -0.2) is 0 Å². The molecule has 0 radical (unpaired) electrons. The molecule has 12 heavy (non-hydrogen) atoms. The molecule has 0 atom stereocenters. The van der Waals surface area contributed by atoms with E-state index in [4.69, 9.17) is 4.74 Å². The molecule has 0 saturated heterocycles. The predicted molar refractivity (Wildman–Crippen MR) is 48.5 cm³/mol. The van der Waals surface area contributed by atoms with Crippen molar-refractivity contribution in [1.82, 2.24) is 0 Å². The molecule has 0 aliphatic carbocycles. The van der Waals surface area contributed by atoms with Crippen LogP contribution in [-0.4, -0.2) is 0 Å². The lowest BCUT2D eigenvalue weighted by molar-refractivity contribution is 0.134. The van der Waals surface area contributed by atoms with E-state index in [1.54, 1.807) is 0 Å². The van der Waals surface area contributed by atoms with Crippen LogP contribution in [0.3, 0.4) is 0 Å². The third-order valence-electron chi connectivity index (χ3n) is 2.01. The lowest BCUT2D eigenvalue weighted by Gasteiger charge is -1.96. The maximum absolute atomic E-state index is 5.30. The molecule has 0 saturated carbocycles. The van der Waals surface area contributed by atoms with Crippen molar-refractivity contribution in [3.8, 4) is 0 Å². The Morgan fingerprint density at radius 1 is 1.33 bits per heavy atom. The van der Waals surface area contributed by atoms with Crippen molar-refractivity contribution < 1.29 is 4.74 Å². The minimum absolute atomic E-state index is 0.744. The van der Waals surface area contributed by atoms with E-state index in [2.05, 4.69) is 30.5 Å². The molecule has 2 rings (SSSR count). The van der Waals surface area contributed by atoms with Crippen LogP contribution in [-0.2, 0) is 18.0 Å². The Morgan fingerprint density at radius 2 is 2.17 bits per heavy atom. The molecule has 1 aliphatic rings. The second-order valence-electron chi connectivity index (χ2n) is 2.87. The fourth-order valence-corrected chi connectivity index (χ4v) is 1.40. The highest BCUT2D eigenvalue weighted by Crippen LogP contribution is 2.20. The van der Waals surface area contributed by atoms with Crippen LogP contribution in [0, 0.1) is 0 Å². The zero-order valence-corrected chi connectivity index (χ0v) is 6.84. The highest BCUT2D eigenvalue weighted by atomic mass is 16.5. The first-order valence-corrected chi connectivity index (χ1v) is 3.95. The lowest BCUT2D eigenvalue weighted by Crippen LogP contribution is -1.82. The summed E-state index contributed by atoms with van der Waals surface area (Å²) in [7, 11) is 0. The molecule has 0 unspecified atom stereocenters. The first-order chi connectivity index (χ1) is 5.90. The van der Waals surface area contributed by atoms with Crippen LogP contribution in [0.25, 0.3) is 6.08 Å². The fraction of sp³-hybridized carbons (Fsp3) is 0.182. The molecule has 0 bridgehead atoms. The number of fused-ring (bicyclic) bond motifs is 1. The van der Waals surface area contributed by atoms with Gasteiger partial charge < -0.3 is 4.74 Å². The average Bonchev–Trinajstić information content (AvgIpc) is 2.51. The molecule has 0 amide bonds. The normalized spacial score (nSPS) is 13.7. The number of hydrogen-bond donors (Lipinski definition) is 0. The van der Waals surface area contributed by atoms with E-state index in [1.165, 1.54) is 11.1 Å². The molecular formula is C11H10O. The highest BCUT2D eigenvalue weighted by Gasteiger charge is 2.09. The smallest absolute Gasteiger partial charge is 0.0725 e. The zero-order chi connectivity index (χ0) is 8.39. The Labute approximate surface area is 72.0 Å². The fourth-order valence-electron chi connectivity index (χ4n) is 1.40. The van der Waals surface area contributed by atoms with Gasteiger partial charge in [-0.05, 0) is 28.8 Å². The van der Waals surface area contributed by atoms with Crippen molar-refractivity contribution in [3.05, 3.63) is 47.2 Å². The predicted octanol–water partition coefficient (Wildman–Crippen LogP) is 2.51. The Hall–Kier alpha value is -1.30. The quantitative estimate of drug-likeness (QED) is 0.570. The molecule has 1 aromatic carbocycles. The maximum Gasteiger partial charge on any atom is 0.0725 e. The summed E-state index contributed by atoms with van der Waals surface area (Å²) in [6.45, 7) is 5.04. The van der Waals surface area contributed by atoms with Crippen molar-refractivity contribution in [2.24, 2.45) is 0 Å². The average molecular weight is 158 g/mol. The van der Waals surface area contributed by atoms with Gasteiger partial charge >= 0.3 is 0 Å². The molecule has 60 valence electrons. The van der Waals surface area contributed by atoms with Gasteiger partial charge in [0.05, 0.1) is 13.2 Å². The minimum Gasteiger partial charge on any atom is -0.372 e. The summed E-state index contributed by atoms with van der Waals surface area (Å²) in [5.74, 6) is 0. The topological polar surface area (TPSA) is 9.23 Å². The highest BCUT2D eigenvalue weighted by molar-refractivity contribution is 5.51. The Kier molecular flexibility index (Phi) is 1.83. The summed E-state index contributed by atoms with van der Waals surface area (Å²) in [6.07, 6.45) is 1.87. The van der Waals surface area contributed by atoms with Gasteiger partial charge in [-0.2, -0.15) is 0 Å². The summed E-state index contributed by atoms with van der Waals surface area (Å²) in [5, 5.41) is 0. The molecule has 0 N–H and O–H groups in total. The molecule has 0 aromatic heterocycles. The van der Waals surface area contributed by atoms with Crippen LogP contribution in [0.15, 0.2) is 30.5 Å². The first-order valence-electron chi connectivity index (χ1n) is 3.95. The van der Waals surface area contributed by atoms with E-state index < -0.39 is 0 Å². The van der Waals surface area contributed by atoms with Crippen LogP contribution in [0.1, 0.15) is 16.7 Å². The zero-order valence-electron chi connectivity index (χ0n) is 6.84. The van der Waals surface area contributed by atoms with Gasteiger partial charge in [-0.1, -0.05) is 18.7 Å². The van der Waals surface area contributed by atoms with Gasteiger partial charge in [0.2, 0.25) is 0 Å². The maximum atomic E-state index is 5.30. The molecular weight excluding hydrogens is 148 g/mol. The van der Waals surface area contributed by atoms with Gasteiger partial charge in [-0.3, -0.25) is 0 Å². The molecule has 0 fully saturated rings. The number of benzene rings is 1. The summed E-state index contributed by atoms with van der Waals surface area (Å²) >= 11 is 0. The third kappa shape index (κ3) is 1.20. The van der Waals surface area contributed by atoms with E-state index in [1.807, 2.05) is 6.08 Å². The molecule has 1 aliphatic heterocycles. The van der Waals surface area contributed by atoms with Crippen molar-refractivity contribution in [3.63, 3.8) is 0 Å². The second kappa shape index (κ2) is 2.98. The van der Waals surface area contributed by atoms with E-state index in [9.17, 15) is 0 Å². The van der Waals surface area contributed by atoms with Gasteiger partial charge in [-0.15, -0.1) is 5.73 Å². The van der Waals surface area contributed by atoms with Crippen molar-refractivity contribution >= 4 is 6.08 Å². The van der Waals surface area contributed by atoms with Crippen LogP contribution in [0.2, 0.25) is 0 Å². The van der Waals surface area contributed by atoms with Gasteiger partial charge in [0.15, 0.2) is 0 Å². The second-order valence-corrected chi connectivity index (χ2v) is 2.87. The Morgan fingerprint density at radius 3 is 3.00 bits per heavy atom. The third-order valence-corrected chi connectivity index (χ3v) is 2.01. The van der Waals surface area contributed by atoms with Gasteiger partial charge in [0, 0.05) is 0 Å². The number of rotatable bonds is 1. The molecule has 1 aromatic rings. The van der Waals surface area contributed by atoms with Gasteiger partial charge in [0.1, 0.15) is 0 Å². The number of hydrogen-bond acceptors (Lipinski definition) is 1. The van der Waals surface area contributed by atoms with E-state index in [0.717, 1.165) is 18.8 Å². The summed E-state index contributed by atoms with van der Waals surface area (Å²) in [5.41, 5.74) is 6.50. The monoisotopic (exact) mass is 158 g/mol. The summed E-state index contributed by atoms with van der Waals surface area (Å²) in [6, 6.07) is 6.29. The largest absolute Gasteiger partial charge is 0.372 e. The lowest BCUT2D eigenvalue weighted by atomic mass is 10.1. The first kappa shape index (κ1) is 7.35. The minimum atomic E-state index is 0.744. The van der Waals surface area contributed by atoms with Crippen LogP contribution < -0.4 is 0 Å². The molecule has 1 heterocycles. The van der Waals surface area contributed by atoms with Crippen molar-refractivity contribution in [2.75, 3.05) is 0 Å². The number of ether oxygens (including phenoxy) is 1. The van der Waals surface area contributed by atoms with Crippen LogP contribution in [0.4, 0.5) is 0 Å². The molecule has 1 nitrogen and oxygen atoms in total. The van der Waals surface area contributed by atoms with Gasteiger partial charge in [0.25, 0.3) is 0 Å². The SMILES string of the molecule is C=C=Cc1ccc2c(c1)COC2. The summed E-state index contributed by atoms with van der Waals surface area (Å²) < 4.78 is 5.30. The Bertz CT molecular complexity index is 346. The van der Waals surface area contributed by atoms with Crippen molar-refractivity contribution in [2.45, 2.75) is 13.2 Å². The Balaban J connectivity index is 2.45. The van der Waals surface area contributed by atoms with Crippen LogP contribution >= 0.6 is 0 Å². The standard InChI is InChI=1S/C11H10O/c1-2-3-9-4-5-10-7-12-8-11(10)6-9/h3-6H,1,7-8H2. The van der Waals surface area contributed by atoms with E-state index in [0.29, 0.717) is 0 Å². The van der Waals surface area contributed by atoms with E-state index >= 15 is 0 Å². The summed E-state index contributed by atoms with van der Waals surface area (Å²) in [4.78, 5) is 0. The molecule has 1 heteroatoms. The van der Waals surface area contributed by atoms with E-state index in [-0.39, 0.29) is 0 Å². The molecule has 0 spiro atoms.